The molecule has 0 fully saturated rings. The summed E-state index contributed by atoms with van der Waals surface area (Å²) in [6.07, 6.45) is 1.54. The summed E-state index contributed by atoms with van der Waals surface area (Å²) in [5.41, 5.74) is 3.82. The SMILES string of the molecule is CC(C)c1ccccc1NC(=O)c1ccc(Nc2ccc(C#N)cc2)nc1. The molecule has 0 radical (unpaired) electrons. The van der Waals surface area contributed by atoms with E-state index >= 15 is 0 Å². The second-order valence-corrected chi connectivity index (χ2v) is 6.44. The molecule has 1 heterocycles. The van der Waals surface area contributed by atoms with E-state index in [1.807, 2.05) is 36.4 Å². The van der Waals surface area contributed by atoms with Gasteiger partial charge in [0, 0.05) is 17.6 Å². The molecule has 0 saturated heterocycles. The predicted octanol–water partition coefficient (Wildman–Crippen LogP) is 5.07. The number of pyridine rings is 1. The molecule has 0 saturated carbocycles. The van der Waals surface area contributed by atoms with Crippen LogP contribution < -0.4 is 10.6 Å². The van der Waals surface area contributed by atoms with E-state index < -0.39 is 0 Å². The Morgan fingerprint density at radius 1 is 1.04 bits per heavy atom. The van der Waals surface area contributed by atoms with Gasteiger partial charge in [0.1, 0.15) is 5.82 Å². The van der Waals surface area contributed by atoms with Crippen molar-refractivity contribution in [3.63, 3.8) is 0 Å². The molecule has 5 heteroatoms. The lowest BCUT2D eigenvalue weighted by Gasteiger charge is -2.13. The van der Waals surface area contributed by atoms with E-state index in [0.717, 1.165) is 16.9 Å². The maximum Gasteiger partial charge on any atom is 0.257 e. The van der Waals surface area contributed by atoms with Crippen molar-refractivity contribution < 1.29 is 4.79 Å². The number of aromatic nitrogens is 1. The van der Waals surface area contributed by atoms with Crippen LogP contribution in [0.1, 0.15) is 41.3 Å². The minimum absolute atomic E-state index is 0.194. The Balaban J connectivity index is 1.69. The first-order valence-electron chi connectivity index (χ1n) is 8.70. The molecule has 2 aromatic carbocycles. The Hall–Kier alpha value is -3.65. The first-order chi connectivity index (χ1) is 13.1. The summed E-state index contributed by atoms with van der Waals surface area (Å²) >= 11 is 0. The molecular weight excluding hydrogens is 336 g/mol. The first-order valence-corrected chi connectivity index (χ1v) is 8.70. The standard InChI is InChI=1S/C22H20N4O/c1-15(2)19-5-3-4-6-20(19)26-22(27)17-9-12-21(24-14-17)25-18-10-7-16(13-23)8-11-18/h3-12,14-15H,1-2H3,(H,24,25)(H,26,27). The molecule has 0 aliphatic heterocycles. The van der Waals surface area contributed by atoms with Crippen molar-refractivity contribution in [2.24, 2.45) is 0 Å². The average molecular weight is 356 g/mol. The van der Waals surface area contributed by atoms with Crippen LogP contribution in [-0.2, 0) is 0 Å². The van der Waals surface area contributed by atoms with E-state index in [2.05, 4.69) is 35.5 Å². The van der Waals surface area contributed by atoms with E-state index in [-0.39, 0.29) is 5.91 Å². The minimum atomic E-state index is -0.194. The fraction of sp³-hybridized carbons (Fsp3) is 0.136. The molecule has 0 atom stereocenters. The molecule has 2 N–H and O–H groups in total. The van der Waals surface area contributed by atoms with Crippen molar-refractivity contribution in [1.82, 2.24) is 4.98 Å². The smallest absolute Gasteiger partial charge is 0.257 e. The normalized spacial score (nSPS) is 10.3. The molecule has 0 bridgehead atoms. The summed E-state index contributed by atoms with van der Waals surface area (Å²) in [5.74, 6) is 0.748. The predicted molar refractivity (Wildman–Crippen MR) is 107 cm³/mol. The minimum Gasteiger partial charge on any atom is -0.340 e. The number of nitriles is 1. The van der Waals surface area contributed by atoms with Gasteiger partial charge >= 0.3 is 0 Å². The number of amides is 1. The van der Waals surface area contributed by atoms with Crippen LogP contribution in [0, 0.1) is 11.3 Å². The fourth-order valence-corrected chi connectivity index (χ4v) is 2.69. The van der Waals surface area contributed by atoms with Crippen molar-refractivity contribution in [2.75, 3.05) is 10.6 Å². The van der Waals surface area contributed by atoms with Crippen molar-refractivity contribution in [3.8, 4) is 6.07 Å². The van der Waals surface area contributed by atoms with Gasteiger partial charge in [0.2, 0.25) is 0 Å². The number of carbonyl (C=O) groups is 1. The van der Waals surface area contributed by atoms with Gasteiger partial charge in [-0.05, 0) is 53.9 Å². The molecule has 3 rings (SSSR count). The molecule has 27 heavy (non-hydrogen) atoms. The largest absolute Gasteiger partial charge is 0.340 e. The van der Waals surface area contributed by atoms with Crippen LogP contribution in [0.15, 0.2) is 66.9 Å². The van der Waals surface area contributed by atoms with Crippen LogP contribution in [0.3, 0.4) is 0 Å². The van der Waals surface area contributed by atoms with E-state index in [9.17, 15) is 4.79 Å². The highest BCUT2D eigenvalue weighted by molar-refractivity contribution is 6.04. The third-order valence-electron chi connectivity index (χ3n) is 4.14. The summed E-state index contributed by atoms with van der Waals surface area (Å²) in [7, 11) is 0. The van der Waals surface area contributed by atoms with Crippen LogP contribution in [-0.4, -0.2) is 10.9 Å². The summed E-state index contributed by atoms with van der Waals surface area (Å²) < 4.78 is 0. The third kappa shape index (κ3) is 4.50. The van der Waals surface area contributed by atoms with Gasteiger partial charge in [-0.15, -0.1) is 0 Å². The zero-order valence-electron chi connectivity index (χ0n) is 15.2. The fourth-order valence-electron chi connectivity index (χ4n) is 2.69. The summed E-state index contributed by atoms with van der Waals surface area (Å²) in [6.45, 7) is 4.19. The number of anilines is 3. The van der Waals surface area contributed by atoms with E-state index in [1.165, 1.54) is 0 Å². The lowest BCUT2D eigenvalue weighted by atomic mass is 10.0. The summed E-state index contributed by atoms with van der Waals surface area (Å²) in [6, 6.07) is 20.4. The number of hydrogen-bond donors (Lipinski definition) is 2. The van der Waals surface area contributed by atoms with Crippen molar-refractivity contribution in [3.05, 3.63) is 83.6 Å². The lowest BCUT2D eigenvalue weighted by molar-refractivity contribution is 0.102. The van der Waals surface area contributed by atoms with Gasteiger partial charge in [0.05, 0.1) is 17.2 Å². The molecule has 3 aromatic rings. The van der Waals surface area contributed by atoms with Gasteiger partial charge in [0.15, 0.2) is 0 Å². The zero-order valence-corrected chi connectivity index (χ0v) is 15.2. The molecule has 0 unspecified atom stereocenters. The second kappa shape index (κ2) is 8.15. The number of carbonyl (C=O) groups excluding carboxylic acids is 1. The van der Waals surface area contributed by atoms with Crippen LogP contribution in [0.2, 0.25) is 0 Å². The maximum absolute atomic E-state index is 12.5. The number of benzene rings is 2. The quantitative estimate of drug-likeness (QED) is 0.669. The second-order valence-electron chi connectivity index (χ2n) is 6.44. The van der Waals surface area contributed by atoms with E-state index in [1.54, 1.807) is 30.5 Å². The molecule has 0 spiro atoms. The molecular formula is C22H20N4O. The van der Waals surface area contributed by atoms with Gasteiger partial charge in [0.25, 0.3) is 5.91 Å². The van der Waals surface area contributed by atoms with Gasteiger partial charge < -0.3 is 10.6 Å². The van der Waals surface area contributed by atoms with Crippen LogP contribution in [0.5, 0.6) is 0 Å². The van der Waals surface area contributed by atoms with Gasteiger partial charge in [-0.25, -0.2) is 4.98 Å². The van der Waals surface area contributed by atoms with Gasteiger partial charge in [-0.3, -0.25) is 4.79 Å². The highest BCUT2D eigenvalue weighted by Crippen LogP contribution is 2.24. The van der Waals surface area contributed by atoms with E-state index in [0.29, 0.717) is 22.9 Å². The molecule has 134 valence electrons. The topological polar surface area (TPSA) is 77.8 Å². The maximum atomic E-state index is 12.5. The molecule has 1 aromatic heterocycles. The van der Waals surface area contributed by atoms with Gasteiger partial charge in [-0.1, -0.05) is 32.0 Å². The lowest BCUT2D eigenvalue weighted by Crippen LogP contribution is -2.14. The Bertz CT molecular complexity index is 970. The average Bonchev–Trinajstić information content (AvgIpc) is 2.69. The van der Waals surface area contributed by atoms with Crippen molar-refractivity contribution in [2.45, 2.75) is 19.8 Å². The van der Waals surface area contributed by atoms with Crippen molar-refractivity contribution in [1.29, 1.82) is 5.26 Å². The first kappa shape index (κ1) is 18.2. The van der Waals surface area contributed by atoms with Crippen LogP contribution in [0.4, 0.5) is 17.2 Å². The van der Waals surface area contributed by atoms with Crippen LogP contribution in [0.25, 0.3) is 0 Å². The highest BCUT2D eigenvalue weighted by atomic mass is 16.1. The zero-order chi connectivity index (χ0) is 19.2. The number of nitrogens with one attached hydrogen (secondary N) is 2. The monoisotopic (exact) mass is 356 g/mol. The Morgan fingerprint density at radius 2 is 1.78 bits per heavy atom. The van der Waals surface area contributed by atoms with Crippen LogP contribution >= 0.6 is 0 Å². The number of para-hydroxylation sites is 1. The summed E-state index contributed by atoms with van der Waals surface area (Å²) in [5, 5.41) is 14.9. The highest BCUT2D eigenvalue weighted by Gasteiger charge is 2.11. The molecule has 0 aliphatic carbocycles. The molecule has 0 aliphatic rings. The Kier molecular flexibility index (Phi) is 5.48. The number of hydrogen-bond acceptors (Lipinski definition) is 4. The Labute approximate surface area is 158 Å². The molecule has 1 amide bonds. The van der Waals surface area contributed by atoms with E-state index in [4.69, 9.17) is 5.26 Å². The van der Waals surface area contributed by atoms with Crippen molar-refractivity contribution >= 4 is 23.1 Å². The molecule has 5 nitrogen and oxygen atoms in total. The third-order valence-corrected chi connectivity index (χ3v) is 4.14. The summed E-state index contributed by atoms with van der Waals surface area (Å²) in [4.78, 5) is 16.8. The van der Waals surface area contributed by atoms with Gasteiger partial charge in [-0.2, -0.15) is 5.26 Å². The number of nitrogens with zero attached hydrogens (tertiary/aromatic N) is 2. The Morgan fingerprint density at radius 3 is 2.41 bits per heavy atom. The number of rotatable bonds is 5.